The lowest BCUT2D eigenvalue weighted by atomic mass is 10.2. The van der Waals surface area contributed by atoms with Gasteiger partial charge in [-0.25, -0.2) is 4.68 Å². The van der Waals surface area contributed by atoms with Crippen LogP contribution < -0.4 is 5.73 Å². The fourth-order valence-electron chi connectivity index (χ4n) is 2.55. The van der Waals surface area contributed by atoms with Crippen molar-refractivity contribution in [3.8, 4) is 5.75 Å². The lowest BCUT2D eigenvalue weighted by molar-refractivity contribution is 0.0729. The number of likely N-dealkylation sites (tertiary alicyclic amines) is 1. The van der Waals surface area contributed by atoms with Crippen molar-refractivity contribution in [1.29, 1.82) is 0 Å². The third kappa shape index (κ3) is 2.39. The normalized spacial score (nSPS) is 18.1. The van der Waals surface area contributed by atoms with Gasteiger partial charge in [-0.15, -0.1) is 0 Å². The average Bonchev–Trinajstić information content (AvgIpc) is 3.05. The number of aryl methyl sites for hydroxylation is 1. The molecule has 2 aromatic rings. The zero-order chi connectivity index (χ0) is 15.0. The third-order valence-electron chi connectivity index (χ3n) is 3.60. The van der Waals surface area contributed by atoms with Gasteiger partial charge in [0.15, 0.2) is 5.82 Å². The van der Waals surface area contributed by atoms with E-state index in [-0.39, 0.29) is 17.7 Å². The van der Waals surface area contributed by atoms with Gasteiger partial charge in [0.25, 0.3) is 5.91 Å². The first-order valence-corrected chi connectivity index (χ1v) is 6.67. The van der Waals surface area contributed by atoms with Crippen LogP contribution in [0.25, 0.3) is 0 Å². The standard InChI is InChI=1S/C13H16N6O2/c1-18-13(14)16-11(17-18)10-3-2-4-19(10)12(21)8-5-9(20)7-15-6-8/h5-7,10,20H,2-4H2,1H3,(H2,14,16,17). The number of rotatable bonds is 2. The highest BCUT2D eigenvalue weighted by Crippen LogP contribution is 2.31. The van der Waals surface area contributed by atoms with Gasteiger partial charge in [-0.3, -0.25) is 9.78 Å². The van der Waals surface area contributed by atoms with Crippen molar-refractivity contribution in [2.45, 2.75) is 18.9 Å². The summed E-state index contributed by atoms with van der Waals surface area (Å²) in [5.74, 6) is 0.654. The topological polar surface area (TPSA) is 110 Å². The molecule has 3 N–H and O–H groups in total. The van der Waals surface area contributed by atoms with Crippen molar-refractivity contribution in [3.05, 3.63) is 29.8 Å². The first kappa shape index (κ1) is 13.3. The van der Waals surface area contributed by atoms with Gasteiger partial charge in [-0.05, 0) is 18.9 Å². The fraction of sp³-hybridized carbons (Fsp3) is 0.385. The number of nitrogens with zero attached hydrogens (tertiary/aromatic N) is 5. The summed E-state index contributed by atoms with van der Waals surface area (Å²) in [6, 6.07) is 1.22. The van der Waals surface area contributed by atoms with E-state index in [2.05, 4.69) is 15.1 Å². The Labute approximate surface area is 121 Å². The number of hydrogen-bond acceptors (Lipinski definition) is 6. The number of aromatic nitrogens is 4. The monoisotopic (exact) mass is 288 g/mol. The molecule has 1 unspecified atom stereocenters. The summed E-state index contributed by atoms with van der Waals surface area (Å²) in [6.45, 7) is 0.622. The molecule has 8 heteroatoms. The summed E-state index contributed by atoms with van der Waals surface area (Å²) in [7, 11) is 1.71. The number of amides is 1. The van der Waals surface area contributed by atoms with Crippen LogP contribution in [0.3, 0.4) is 0 Å². The van der Waals surface area contributed by atoms with E-state index in [0.717, 1.165) is 12.8 Å². The summed E-state index contributed by atoms with van der Waals surface area (Å²) < 4.78 is 1.49. The molecule has 0 bridgehead atoms. The summed E-state index contributed by atoms with van der Waals surface area (Å²) in [5, 5.41) is 13.7. The summed E-state index contributed by atoms with van der Waals surface area (Å²) in [6.07, 6.45) is 4.40. The maximum Gasteiger partial charge on any atom is 0.256 e. The molecule has 0 saturated carbocycles. The summed E-state index contributed by atoms with van der Waals surface area (Å²) >= 11 is 0. The van der Waals surface area contributed by atoms with Crippen LogP contribution in [0.2, 0.25) is 0 Å². The number of nitrogens with two attached hydrogens (primary N) is 1. The van der Waals surface area contributed by atoms with Crippen LogP contribution in [0.1, 0.15) is 35.1 Å². The summed E-state index contributed by atoms with van der Waals surface area (Å²) in [5.41, 5.74) is 6.06. The minimum Gasteiger partial charge on any atom is -0.506 e. The Balaban J connectivity index is 1.88. The number of carbonyl (C=O) groups excluding carboxylic acids is 1. The summed E-state index contributed by atoms with van der Waals surface area (Å²) in [4.78, 5) is 22.3. The van der Waals surface area contributed by atoms with Gasteiger partial charge in [0, 0.05) is 19.8 Å². The predicted molar refractivity (Wildman–Crippen MR) is 74.3 cm³/mol. The maximum atomic E-state index is 12.6. The Kier molecular flexibility index (Phi) is 3.20. The highest BCUT2D eigenvalue weighted by molar-refractivity contribution is 5.94. The van der Waals surface area contributed by atoms with Crippen molar-refractivity contribution >= 4 is 11.9 Å². The molecule has 1 atom stereocenters. The molecule has 21 heavy (non-hydrogen) atoms. The molecule has 1 aliphatic rings. The van der Waals surface area contributed by atoms with E-state index in [1.54, 1.807) is 11.9 Å². The predicted octanol–water partition coefficient (Wildman–Crippen LogP) is 0.475. The number of anilines is 1. The molecule has 1 fully saturated rings. The van der Waals surface area contributed by atoms with Gasteiger partial charge in [-0.2, -0.15) is 10.1 Å². The third-order valence-corrected chi connectivity index (χ3v) is 3.60. The van der Waals surface area contributed by atoms with Crippen molar-refractivity contribution in [2.75, 3.05) is 12.3 Å². The van der Waals surface area contributed by atoms with E-state index in [4.69, 9.17) is 5.73 Å². The molecular formula is C13H16N6O2. The lowest BCUT2D eigenvalue weighted by Crippen LogP contribution is -2.31. The molecule has 1 aliphatic heterocycles. The number of aromatic hydroxyl groups is 1. The molecule has 0 aromatic carbocycles. The molecule has 0 aliphatic carbocycles. The Morgan fingerprint density at radius 2 is 2.29 bits per heavy atom. The number of pyridine rings is 1. The van der Waals surface area contributed by atoms with Gasteiger partial charge < -0.3 is 15.7 Å². The minimum atomic E-state index is -0.191. The average molecular weight is 288 g/mol. The van der Waals surface area contributed by atoms with Crippen LogP contribution in [-0.2, 0) is 7.05 Å². The van der Waals surface area contributed by atoms with Gasteiger partial charge in [0.2, 0.25) is 5.95 Å². The van der Waals surface area contributed by atoms with E-state index in [9.17, 15) is 9.90 Å². The van der Waals surface area contributed by atoms with Gasteiger partial charge in [-0.1, -0.05) is 0 Å². The molecular weight excluding hydrogens is 272 g/mol. The second kappa shape index (κ2) is 5.04. The van der Waals surface area contributed by atoms with Crippen LogP contribution in [0, 0.1) is 0 Å². The Morgan fingerprint density at radius 3 is 2.95 bits per heavy atom. The first-order chi connectivity index (χ1) is 10.1. The van der Waals surface area contributed by atoms with E-state index < -0.39 is 0 Å². The Bertz CT molecular complexity index is 664. The van der Waals surface area contributed by atoms with Crippen LogP contribution in [0.4, 0.5) is 5.95 Å². The quantitative estimate of drug-likeness (QED) is 0.831. The molecule has 0 radical (unpaired) electrons. The highest BCUT2D eigenvalue weighted by Gasteiger charge is 2.33. The molecule has 110 valence electrons. The smallest absolute Gasteiger partial charge is 0.256 e. The van der Waals surface area contributed by atoms with E-state index >= 15 is 0 Å². The maximum absolute atomic E-state index is 12.6. The lowest BCUT2D eigenvalue weighted by Gasteiger charge is -2.22. The molecule has 0 spiro atoms. The van der Waals surface area contributed by atoms with Crippen LogP contribution in [0.15, 0.2) is 18.5 Å². The Hall–Kier alpha value is -2.64. The van der Waals surface area contributed by atoms with Gasteiger partial charge in [0.05, 0.1) is 17.8 Å². The molecule has 3 heterocycles. The van der Waals surface area contributed by atoms with E-state index in [1.165, 1.54) is 23.1 Å². The van der Waals surface area contributed by atoms with Gasteiger partial charge in [0.1, 0.15) is 5.75 Å². The zero-order valence-electron chi connectivity index (χ0n) is 11.6. The van der Waals surface area contributed by atoms with Gasteiger partial charge >= 0.3 is 0 Å². The highest BCUT2D eigenvalue weighted by atomic mass is 16.3. The van der Waals surface area contributed by atoms with Crippen LogP contribution in [-0.4, -0.2) is 42.2 Å². The number of hydrogen-bond donors (Lipinski definition) is 2. The number of carbonyl (C=O) groups is 1. The van der Waals surface area contributed by atoms with Crippen LogP contribution >= 0.6 is 0 Å². The van der Waals surface area contributed by atoms with Crippen molar-refractivity contribution in [3.63, 3.8) is 0 Å². The van der Waals surface area contributed by atoms with E-state index in [1.807, 2.05) is 0 Å². The molecule has 3 rings (SSSR count). The minimum absolute atomic E-state index is 0.0307. The van der Waals surface area contributed by atoms with Crippen LogP contribution in [0.5, 0.6) is 5.75 Å². The molecule has 1 saturated heterocycles. The second-order valence-electron chi connectivity index (χ2n) is 5.04. The molecule has 8 nitrogen and oxygen atoms in total. The van der Waals surface area contributed by atoms with Crippen molar-refractivity contribution in [1.82, 2.24) is 24.6 Å². The Morgan fingerprint density at radius 1 is 1.48 bits per heavy atom. The second-order valence-corrected chi connectivity index (χ2v) is 5.04. The van der Waals surface area contributed by atoms with E-state index in [0.29, 0.717) is 23.9 Å². The number of nitrogen functional groups attached to an aromatic ring is 1. The fourth-order valence-corrected chi connectivity index (χ4v) is 2.55. The molecule has 1 amide bonds. The first-order valence-electron chi connectivity index (χ1n) is 6.67. The van der Waals surface area contributed by atoms with Crippen molar-refractivity contribution in [2.24, 2.45) is 7.05 Å². The zero-order valence-corrected chi connectivity index (χ0v) is 11.6. The van der Waals surface area contributed by atoms with Crippen molar-refractivity contribution < 1.29 is 9.90 Å². The SMILES string of the molecule is Cn1nc(C2CCCN2C(=O)c2cncc(O)c2)nc1N. The molecule has 2 aromatic heterocycles. The largest absolute Gasteiger partial charge is 0.506 e.